The molecule has 0 amide bonds. The van der Waals surface area contributed by atoms with Gasteiger partial charge in [0.25, 0.3) is 10.0 Å². The highest BCUT2D eigenvalue weighted by molar-refractivity contribution is 7.93. The molecule has 0 unspecified atom stereocenters. The van der Waals surface area contributed by atoms with Gasteiger partial charge in [0.2, 0.25) is 9.84 Å². The van der Waals surface area contributed by atoms with Crippen LogP contribution < -0.4 is 4.72 Å². The fraction of sp³-hybridized carbons (Fsp3) is 0.0400. The first-order valence-corrected chi connectivity index (χ1v) is 13.4. The summed E-state index contributed by atoms with van der Waals surface area (Å²) in [5.41, 5.74) is 1.04. The van der Waals surface area contributed by atoms with E-state index in [9.17, 15) is 21.9 Å². The second-order valence-electron chi connectivity index (χ2n) is 7.92. The monoisotopic (exact) mass is 505 g/mol. The molecule has 3 aromatic carbocycles. The van der Waals surface area contributed by atoms with Crippen LogP contribution >= 0.6 is 0 Å². The van der Waals surface area contributed by atoms with E-state index in [4.69, 9.17) is 0 Å². The topological polar surface area (TPSA) is 126 Å². The van der Waals surface area contributed by atoms with Crippen molar-refractivity contribution in [3.63, 3.8) is 0 Å². The van der Waals surface area contributed by atoms with E-state index in [-0.39, 0.29) is 31.9 Å². The van der Waals surface area contributed by atoms with E-state index in [1.807, 2.05) is 6.92 Å². The Kier molecular flexibility index (Phi) is 5.42. The number of nitrogens with zero attached hydrogens (tertiary/aromatic N) is 2. The average molecular weight is 506 g/mol. The minimum atomic E-state index is -4.32. The molecular weight excluding hydrogens is 486 g/mol. The van der Waals surface area contributed by atoms with Crippen molar-refractivity contribution in [1.29, 1.82) is 0 Å². The van der Waals surface area contributed by atoms with Crippen LogP contribution in [0.4, 0.5) is 5.69 Å². The number of phenols is 1. The number of aromatic nitrogens is 2. The maximum absolute atomic E-state index is 13.7. The number of nitrogens with one attached hydrogen (secondary N) is 1. The highest BCUT2D eigenvalue weighted by Crippen LogP contribution is 2.40. The Labute approximate surface area is 201 Å². The molecule has 0 aliphatic rings. The molecule has 2 aromatic heterocycles. The predicted octanol–water partition coefficient (Wildman–Crippen LogP) is 4.43. The van der Waals surface area contributed by atoms with Gasteiger partial charge in [-0.2, -0.15) is 0 Å². The van der Waals surface area contributed by atoms with E-state index < -0.39 is 30.5 Å². The van der Waals surface area contributed by atoms with Gasteiger partial charge in [0, 0.05) is 23.2 Å². The number of hydrogen-bond donors (Lipinski definition) is 2. The van der Waals surface area contributed by atoms with Crippen LogP contribution in [0.3, 0.4) is 0 Å². The molecule has 0 fully saturated rings. The summed E-state index contributed by atoms with van der Waals surface area (Å²) in [6.45, 7) is 1.84. The third-order valence-electron chi connectivity index (χ3n) is 5.58. The number of aryl methyl sites for hydroxylation is 1. The summed E-state index contributed by atoms with van der Waals surface area (Å²) in [4.78, 5) is 7.74. The van der Waals surface area contributed by atoms with E-state index in [1.54, 1.807) is 48.5 Å². The molecule has 8 nitrogen and oxygen atoms in total. The van der Waals surface area contributed by atoms with Crippen LogP contribution in [-0.4, -0.2) is 31.9 Å². The molecule has 35 heavy (non-hydrogen) atoms. The summed E-state index contributed by atoms with van der Waals surface area (Å²) in [5, 5.41) is 11.8. The highest BCUT2D eigenvalue weighted by Gasteiger charge is 2.28. The molecule has 0 radical (unpaired) electrons. The predicted molar refractivity (Wildman–Crippen MR) is 133 cm³/mol. The largest absolute Gasteiger partial charge is 0.504 e. The van der Waals surface area contributed by atoms with Gasteiger partial charge < -0.3 is 5.11 Å². The Morgan fingerprint density at radius 1 is 0.771 bits per heavy atom. The van der Waals surface area contributed by atoms with Gasteiger partial charge in [-0.05, 0) is 49.4 Å². The molecule has 0 bridgehead atoms. The smallest absolute Gasteiger partial charge is 0.261 e. The molecule has 0 saturated heterocycles. The average Bonchev–Trinajstić information content (AvgIpc) is 2.85. The van der Waals surface area contributed by atoms with E-state index >= 15 is 0 Å². The van der Waals surface area contributed by atoms with Gasteiger partial charge >= 0.3 is 0 Å². The van der Waals surface area contributed by atoms with Crippen molar-refractivity contribution in [2.75, 3.05) is 4.72 Å². The van der Waals surface area contributed by atoms with E-state index in [0.29, 0.717) is 5.39 Å². The van der Waals surface area contributed by atoms with Crippen LogP contribution in [0.5, 0.6) is 5.75 Å². The number of benzene rings is 3. The molecule has 0 atom stereocenters. The SMILES string of the molecule is Cc1ccc(S(=O)(=O)Nc2cc(S(=O)(=O)c3cccc4cccnc34)c(O)c3ncccc23)cc1. The third-order valence-corrected chi connectivity index (χ3v) is 8.76. The van der Waals surface area contributed by atoms with Crippen molar-refractivity contribution >= 4 is 47.4 Å². The first kappa shape index (κ1) is 22.8. The lowest BCUT2D eigenvalue weighted by Gasteiger charge is -2.15. The zero-order valence-electron chi connectivity index (χ0n) is 18.4. The zero-order chi connectivity index (χ0) is 24.8. The Morgan fingerprint density at radius 3 is 2.17 bits per heavy atom. The summed E-state index contributed by atoms with van der Waals surface area (Å²) in [7, 11) is -8.39. The first-order valence-electron chi connectivity index (χ1n) is 10.5. The van der Waals surface area contributed by atoms with Gasteiger partial charge in [0.15, 0.2) is 5.75 Å². The van der Waals surface area contributed by atoms with Gasteiger partial charge in [-0.15, -0.1) is 0 Å². The van der Waals surface area contributed by atoms with E-state index in [1.165, 1.54) is 30.6 Å². The van der Waals surface area contributed by atoms with E-state index in [2.05, 4.69) is 14.7 Å². The number of hydrogen-bond acceptors (Lipinski definition) is 7. The van der Waals surface area contributed by atoms with Crippen molar-refractivity contribution < 1.29 is 21.9 Å². The van der Waals surface area contributed by atoms with Crippen LogP contribution in [0, 0.1) is 6.92 Å². The van der Waals surface area contributed by atoms with Crippen molar-refractivity contribution in [3.05, 3.63) is 90.8 Å². The highest BCUT2D eigenvalue weighted by atomic mass is 32.2. The summed E-state index contributed by atoms with van der Waals surface area (Å²) in [6, 6.07) is 18.6. The van der Waals surface area contributed by atoms with Crippen LogP contribution in [0.1, 0.15) is 5.56 Å². The lowest BCUT2D eigenvalue weighted by atomic mass is 10.1. The minimum absolute atomic E-state index is 0.0101. The van der Waals surface area contributed by atoms with Crippen LogP contribution in [0.15, 0.2) is 99.9 Å². The summed E-state index contributed by atoms with van der Waals surface area (Å²) in [5.74, 6) is -0.577. The molecule has 0 spiro atoms. The van der Waals surface area contributed by atoms with Crippen LogP contribution in [-0.2, 0) is 19.9 Å². The van der Waals surface area contributed by atoms with Crippen LogP contribution in [0.25, 0.3) is 21.8 Å². The van der Waals surface area contributed by atoms with Gasteiger partial charge in [0.1, 0.15) is 10.4 Å². The maximum atomic E-state index is 13.7. The molecule has 2 N–H and O–H groups in total. The second kappa shape index (κ2) is 8.33. The van der Waals surface area contributed by atoms with Crippen molar-refractivity contribution in [3.8, 4) is 5.75 Å². The number of phenolic OH excluding ortho intramolecular Hbond substituents is 1. The number of aromatic hydroxyl groups is 1. The summed E-state index contributed by atoms with van der Waals surface area (Å²) < 4.78 is 56.1. The number of rotatable bonds is 5. The van der Waals surface area contributed by atoms with Gasteiger partial charge in [-0.25, -0.2) is 16.8 Å². The van der Waals surface area contributed by atoms with Gasteiger partial charge in [-0.3, -0.25) is 14.7 Å². The Bertz CT molecular complexity index is 1810. The minimum Gasteiger partial charge on any atom is -0.504 e. The molecule has 5 rings (SSSR count). The molecule has 5 aromatic rings. The maximum Gasteiger partial charge on any atom is 0.261 e. The normalized spacial score (nSPS) is 12.1. The number of anilines is 1. The molecule has 176 valence electrons. The number of sulfone groups is 1. The second-order valence-corrected chi connectivity index (χ2v) is 11.5. The Morgan fingerprint density at radius 2 is 1.43 bits per heavy atom. The van der Waals surface area contributed by atoms with E-state index in [0.717, 1.165) is 11.6 Å². The quantitative estimate of drug-likeness (QED) is 0.338. The molecule has 0 aliphatic carbocycles. The van der Waals surface area contributed by atoms with Gasteiger partial charge in [0.05, 0.1) is 21.0 Å². The number of fused-ring (bicyclic) bond motifs is 2. The first-order chi connectivity index (χ1) is 16.7. The van der Waals surface area contributed by atoms with Crippen molar-refractivity contribution in [1.82, 2.24) is 9.97 Å². The number of pyridine rings is 2. The number of para-hydroxylation sites is 1. The molecule has 0 saturated carbocycles. The lowest BCUT2D eigenvalue weighted by Crippen LogP contribution is -2.14. The molecule has 0 aliphatic heterocycles. The lowest BCUT2D eigenvalue weighted by molar-refractivity contribution is 0.464. The Hall–Kier alpha value is -4.02. The number of sulfonamides is 1. The fourth-order valence-electron chi connectivity index (χ4n) is 3.83. The fourth-order valence-corrected chi connectivity index (χ4v) is 6.44. The standard InChI is InChI=1S/C25H19N3O5S2/c1-16-9-11-18(12-10-16)35(32,33)28-20-15-22(25(29)24-19(20)7-4-14-27-24)34(30,31)21-8-2-5-17-6-3-13-26-23(17)21/h2-15,28-29H,1H3. The molecule has 2 heterocycles. The zero-order valence-corrected chi connectivity index (χ0v) is 20.0. The van der Waals surface area contributed by atoms with Gasteiger partial charge in [-0.1, -0.05) is 35.9 Å². The van der Waals surface area contributed by atoms with Crippen molar-refractivity contribution in [2.45, 2.75) is 21.6 Å². The summed E-state index contributed by atoms with van der Waals surface area (Å²) >= 11 is 0. The van der Waals surface area contributed by atoms with Crippen LogP contribution in [0.2, 0.25) is 0 Å². The summed E-state index contributed by atoms with van der Waals surface area (Å²) in [6.07, 6.45) is 2.86. The molecular formula is C25H19N3O5S2. The third kappa shape index (κ3) is 3.96. The van der Waals surface area contributed by atoms with Crippen molar-refractivity contribution in [2.24, 2.45) is 0 Å². The Balaban J connectivity index is 1.73. The molecule has 10 heteroatoms.